The third-order valence-electron chi connectivity index (χ3n) is 6.00. The summed E-state index contributed by atoms with van der Waals surface area (Å²) in [7, 11) is 1.34. The molecule has 0 fully saturated rings. The van der Waals surface area contributed by atoms with Crippen molar-refractivity contribution in [3.8, 4) is 0 Å². The van der Waals surface area contributed by atoms with Crippen LogP contribution in [0.2, 0.25) is 10.0 Å². The zero-order chi connectivity index (χ0) is 28.6. The fourth-order valence-electron chi connectivity index (χ4n) is 4.17. The Morgan fingerprint density at radius 3 is 2.46 bits per heavy atom. The van der Waals surface area contributed by atoms with E-state index in [2.05, 4.69) is 20.5 Å². The van der Waals surface area contributed by atoms with Crippen molar-refractivity contribution in [1.82, 2.24) is 5.32 Å². The Bertz CT molecular complexity index is 1490. The predicted molar refractivity (Wildman–Crippen MR) is 133 cm³/mol. The number of fused-ring (bicyclic) bond motifs is 1. The molecule has 39 heavy (non-hydrogen) atoms. The van der Waals surface area contributed by atoms with Crippen LogP contribution in [-0.2, 0) is 21.5 Å². The van der Waals surface area contributed by atoms with Gasteiger partial charge in [0.1, 0.15) is 7.11 Å². The van der Waals surface area contributed by atoms with E-state index in [9.17, 15) is 31.1 Å². The van der Waals surface area contributed by atoms with Gasteiger partial charge in [0.05, 0.1) is 34.1 Å². The van der Waals surface area contributed by atoms with E-state index < -0.39 is 51.5 Å². The van der Waals surface area contributed by atoms with Crippen LogP contribution < -0.4 is 5.32 Å². The lowest BCUT2D eigenvalue weighted by Gasteiger charge is -2.30. The fourth-order valence-corrected chi connectivity index (χ4v) is 4.61. The number of nitrogens with one attached hydrogen (secondary N) is 1. The highest BCUT2D eigenvalue weighted by Gasteiger charge is 2.63. The number of benzene rings is 3. The lowest BCUT2D eigenvalue weighted by atomic mass is 9.84. The van der Waals surface area contributed by atoms with Crippen LogP contribution >= 0.6 is 23.2 Å². The van der Waals surface area contributed by atoms with Gasteiger partial charge in [0.25, 0.3) is 11.5 Å². The molecule has 3 aromatic carbocycles. The van der Waals surface area contributed by atoms with Crippen molar-refractivity contribution in [3.05, 3.63) is 80.8 Å². The fraction of sp³-hybridized carbons (Fsp3) is 0.240. The van der Waals surface area contributed by atoms with E-state index in [4.69, 9.17) is 28.0 Å². The Morgan fingerprint density at radius 2 is 1.82 bits per heavy atom. The molecule has 0 saturated carbocycles. The summed E-state index contributed by atoms with van der Waals surface area (Å²) in [6, 6.07) is 10.2. The monoisotopic (exact) mass is 591 g/mol. The zero-order valence-electron chi connectivity index (χ0n) is 19.8. The molecule has 1 atom stereocenters. The minimum atomic E-state index is -5.20. The van der Waals surface area contributed by atoms with Crippen molar-refractivity contribution in [2.45, 2.75) is 24.4 Å². The van der Waals surface area contributed by atoms with E-state index in [0.717, 1.165) is 0 Å². The second-order valence-electron chi connectivity index (χ2n) is 8.34. The lowest BCUT2D eigenvalue weighted by Crippen LogP contribution is -2.43. The van der Waals surface area contributed by atoms with Gasteiger partial charge >= 0.3 is 12.4 Å². The molecular weight excluding hydrogens is 575 g/mol. The summed E-state index contributed by atoms with van der Waals surface area (Å²) < 4.78 is 84.0. The van der Waals surface area contributed by atoms with Crippen LogP contribution in [0, 0.1) is 0 Å². The smallest absolute Gasteiger partial charge is 0.399 e. The molecule has 0 aliphatic carbocycles. The van der Waals surface area contributed by atoms with Crippen LogP contribution in [0.3, 0.4) is 0 Å². The van der Waals surface area contributed by atoms with Crippen LogP contribution in [0.5, 0.6) is 0 Å². The number of carbonyl (C=O) groups excluding carboxylic acids is 1. The molecule has 1 unspecified atom stereocenters. The first-order valence-corrected chi connectivity index (χ1v) is 11.8. The standard InChI is InChI=1S/C25H17Cl2F6N3O3/c1-38-35-9-8-34-22(37)17-7-6-16(14-4-2-3-5-15(14)17)20-12-23(39-36-20,25(31,32)33)13-10-18(24(28,29)30)21(27)19(26)11-13/h2-7,9-11H,8,12H2,1H3,(H,34,37)/b35-9+. The third-order valence-corrected chi connectivity index (χ3v) is 6.80. The van der Waals surface area contributed by atoms with Crippen molar-refractivity contribution >= 4 is 51.8 Å². The maximum atomic E-state index is 14.5. The molecule has 1 aliphatic heterocycles. The van der Waals surface area contributed by atoms with Gasteiger partial charge in [-0.2, -0.15) is 26.3 Å². The van der Waals surface area contributed by atoms with Gasteiger partial charge in [-0.15, -0.1) is 0 Å². The van der Waals surface area contributed by atoms with Crippen molar-refractivity contribution < 1.29 is 40.8 Å². The maximum absolute atomic E-state index is 14.5. The molecule has 4 rings (SSSR count). The molecule has 14 heteroatoms. The number of carbonyl (C=O) groups is 1. The summed E-state index contributed by atoms with van der Waals surface area (Å²) in [5, 5.41) is 8.89. The Kier molecular flexibility index (Phi) is 7.72. The quantitative estimate of drug-likeness (QED) is 0.189. The highest BCUT2D eigenvalue weighted by Crippen LogP contribution is 2.51. The maximum Gasteiger partial charge on any atom is 0.435 e. The van der Waals surface area contributed by atoms with Crippen LogP contribution in [0.1, 0.15) is 33.5 Å². The Labute approximate surface area is 227 Å². The van der Waals surface area contributed by atoms with Crippen LogP contribution in [-0.4, -0.2) is 37.7 Å². The predicted octanol–water partition coefficient (Wildman–Crippen LogP) is 7.11. The number of oxime groups is 2. The molecule has 0 aromatic heterocycles. The van der Waals surface area contributed by atoms with Crippen molar-refractivity contribution in [2.24, 2.45) is 10.3 Å². The highest BCUT2D eigenvalue weighted by atomic mass is 35.5. The molecule has 1 N–H and O–H groups in total. The average Bonchev–Trinajstić information content (AvgIpc) is 3.33. The molecule has 0 bridgehead atoms. The van der Waals surface area contributed by atoms with Gasteiger partial charge in [-0.1, -0.05) is 63.8 Å². The van der Waals surface area contributed by atoms with E-state index in [-0.39, 0.29) is 29.4 Å². The molecule has 1 amide bonds. The topological polar surface area (TPSA) is 72.3 Å². The van der Waals surface area contributed by atoms with E-state index in [0.29, 0.717) is 16.8 Å². The minimum Gasteiger partial charge on any atom is -0.399 e. The highest BCUT2D eigenvalue weighted by molar-refractivity contribution is 6.42. The molecule has 3 aromatic rings. The summed E-state index contributed by atoms with van der Waals surface area (Å²) >= 11 is 11.4. The Hall–Kier alpha value is -3.51. The lowest BCUT2D eigenvalue weighted by molar-refractivity contribution is -0.276. The number of halogens is 8. The molecule has 6 nitrogen and oxygen atoms in total. The van der Waals surface area contributed by atoms with E-state index in [1.54, 1.807) is 24.3 Å². The van der Waals surface area contributed by atoms with E-state index >= 15 is 0 Å². The molecule has 1 aliphatic rings. The van der Waals surface area contributed by atoms with Crippen molar-refractivity contribution in [1.29, 1.82) is 0 Å². The molecule has 0 saturated heterocycles. The molecular formula is C25H17Cl2F6N3O3. The average molecular weight is 592 g/mol. The van der Waals surface area contributed by atoms with Gasteiger partial charge in [0, 0.05) is 23.1 Å². The number of hydrogen-bond donors (Lipinski definition) is 1. The van der Waals surface area contributed by atoms with Crippen LogP contribution in [0.25, 0.3) is 10.8 Å². The molecule has 0 spiro atoms. The summed E-state index contributed by atoms with van der Waals surface area (Å²) in [5.41, 5.74) is -5.49. The summed E-state index contributed by atoms with van der Waals surface area (Å²) in [6.07, 6.45) is -9.91. The number of nitrogens with zero attached hydrogens (tertiary/aromatic N) is 2. The normalized spacial score (nSPS) is 17.8. The zero-order valence-corrected chi connectivity index (χ0v) is 21.3. The van der Waals surface area contributed by atoms with Gasteiger partial charge in [0.15, 0.2) is 0 Å². The first-order valence-electron chi connectivity index (χ1n) is 11.0. The third kappa shape index (κ3) is 5.35. The number of rotatable bonds is 6. The Balaban J connectivity index is 1.77. The van der Waals surface area contributed by atoms with Gasteiger partial charge in [0.2, 0.25) is 0 Å². The summed E-state index contributed by atoms with van der Waals surface area (Å²) in [5.74, 6) is -0.481. The van der Waals surface area contributed by atoms with E-state index in [1.807, 2.05) is 0 Å². The van der Waals surface area contributed by atoms with Gasteiger partial charge < -0.3 is 15.0 Å². The van der Waals surface area contributed by atoms with Gasteiger partial charge in [-0.25, -0.2) is 0 Å². The van der Waals surface area contributed by atoms with E-state index in [1.165, 1.54) is 25.5 Å². The minimum absolute atomic E-state index is 0.0565. The van der Waals surface area contributed by atoms with Crippen molar-refractivity contribution in [3.63, 3.8) is 0 Å². The first-order chi connectivity index (χ1) is 18.3. The molecule has 1 heterocycles. The SMILES string of the molecule is CO/N=C/CNC(=O)c1ccc(C2=NOC(c3cc(Cl)c(Cl)c(C(F)(F)F)c3)(C(F)(F)F)C2)c2ccccc12. The van der Waals surface area contributed by atoms with Crippen LogP contribution in [0.15, 0.2) is 58.8 Å². The van der Waals surface area contributed by atoms with Gasteiger partial charge in [-0.3, -0.25) is 4.79 Å². The summed E-state index contributed by atoms with van der Waals surface area (Å²) in [6.45, 7) is 0.0565. The van der Waals surface area contributed by atoms with Crippen molar-refractivity contribution in [2.75, 3.05) is 13.7 Å². The number of amides is 1. The number of alkyl halides is 6. The Morgan fingerprint density at radius 1 is 1.13 bits per heavy atom. The second-order valence-corrected chi connectivity index (χ2v) is 9.12. The van der Waals surface area contributed by atoms with Gasteiger partial charge in [-0.05, 0) is 29.0 Å². The largest absolute Gasteiger partial charge is 0.435 e. The summed E-state index contributed by atoms with van der Waals surface area (Å²) in [4.78, 5) is 22.1. The molecule has 206 valence electrons. The number of hydrogen-bond acceptors (Lipinski definition) is 5. The molecule has 0 radical (unpaired) electrons. The first kappa shape index (κ1) is 28.5. The second kappa shape index (κ2) is 10.6. The van der Waals surface area contributed by atoms with Crippen LogP contribution in [0.4, 0.5) is 26.3 Å².